The molecule has 0 saturated heterocycles. The number of hydrogen-bond donors (Lipinski definition) is 0. The number of aromatic nitrogens is 3. The van der Waals surface area contributed by atoms with Gasteiger partial charge in [0.2, 0.25) is 0 Å². The molecule has 17 heavy (non-hydrogen) atoms. The Hall–Kier alpha value is -1.81. The van der Waals surface area contributed by atoms with Crippen molar-refractivity contribution < 1.29 is 0 Å². The van der Waals surface area contributed by atoms with E-state index in [1.165, 1.54) is 5.46 Å². The molecule has 0 atom stereocenters. The molecule has 3 aromatic rings. The van der Waals surface area contributed by atoms with Crippen molar-refractivity contribution in [2.24, 2.45) is 0 Å². The number of pyridine rings is 1. The molecule has 0 amide bonds. The van der Waals surface area contributed by atoms with Gasteiger partial charge in [0, 0.05) is 16.8 Å². The maximum atomic E-state index is 5.99. The minimum absolute atomic E-state index is 0.701. The molecule has 0 fully saturated rings. The lowest BCUT2D eigenvalue weighted by molar-refractivity contribution is 1.11. The monoisotopic (exact) mass is 241 g/mol. The zero-order valence-corrected chi connectivity index (χ0v) is 10.0. The van der Waals surface area contributed by atoms with E-state index in [9.17, 15) is 0 Å². The van der Waals surface area contributed by atoms with E-state index >= 15 is 0 Å². The van der Waals surface area contributed by atoms with E-state index in [1.54, 1.807) is 0 Å². The zero-order chi connectivity index (χ0) is 11.8. The van der Waals surface area contributed by atoms with E-state index < -0.39 is 0 Å². The van der Waals surface area contributed by atoms with Gasteiger partial charge in [-0.2, -0.15) is 0 Å². The lowest BCUT2D eigenvalue weighted by Crippen LogP contribution is -2.04. The molecule has 2 heterocycles. The van der Waals surface area contributed by atoms with Gasteiger partial charge in [0.1, 0.15) is 7.85 Å². The van der Waals surface area contributed by atoms with Crippen molar-refractivity contribution in [1.82, 2.24) is 14.6 Å². The lowest BCUT2D eigenvalue weighted by Gasteiger charge is -2.01. The molecule has 0 N–H and O–H groups in total. The third-order valence-electron chi connectivity index (χ3n) is 2.63. The molecule has 1 aromatic carbocycles. The molecule has 5 heteroatoms. The van der Waals surface area contributed by atoms with Crippen molar-refractivity contribution >= 4 is 30.6 Å². The Morgan fingerprint density at radius 3 is 2.82 bits per heavy atom. The quantitative estimate of drug-likeness (QED) is 0.601. The summed E-state index contributed by atoms with van der Waals surface area (Å²) < 4.78 is 1.97. The molecule has 0 unspecified atom stereocenters. The average Bonchev–Trinajstić information content (AvgIpc) is 2.71. The standard InChI is InChI=1S/C12H9BClN3/c13-9-4-5-11-15-16-12(17(11)7-9)8-2-1-3-10(14)6-8/h1-7H,13H2. The maximum Gasteiger partial charge on any atom is 0.168 e. The van der Waals surface area contributed by atoms with Crippen molar-refractivity contribution in [3.63, 3.8) is 0 Å². The predicted molar refractivity (Wildman–Crippen MR) is 71.6 cm³/mol. The molecule has 0 bridgehead atoms. The van der Waals surface area contributed by atoms with Crippen molar-refractivity contribution in [2.45, 2.75) is 0 Å². The third kappa shape index (κ3) is 1.81. The average molecular weight is 241 g/mol. The zero-order valence-electron chi connectivity index (χ0n) is 9.26. The SMILES string of the molecule is Bc1ccc2nnc(-c3cccc(Cl)c3)n2c1. The fourth-order valence-corrected chi connectivity index (χ4v) is 2.01. The van der Waals surface area contributed by atoms with E-state index in [-0.39, 0.29) is 0 Å². The van der Waals surface area contributed by atoms with E-state index in [0.717, 1.165) is 17.0 Å². The van der Waals surface area contributed by atoms with Crippen LogP contribution in [0.1, 0.15) is 0 Å². The van der Waals surface area contributed by atoms with Gasteiger partial charge >= 0.3 is 0 Å². The molecule has 82 valence electrons. The first kappa shape index (κ1) is 10.4. The number of halogens is 1. The first-order valence-electron chi connectivity index (χ1n) is 5.31. The van der Waals surface area contributed by atoms with Crippen LogP contribution in [0.25, 0.3) is 17.0 Å². The minimum Gasteiger partial charge on any atom is -0.283 e. The summed E-state index contributed by atoms with van der Waals surface area (Å²) in [4.78, 5) is 0. The Bertz CT molecular complexity index is 693. The van der Waals surface area contributed by atoms with Crippen LogP contribution in [0.3, 0.4) is 0 Å². The van der Waals surface area contributed by atoms with Crippen LogP contribution in [-0.2, 0) is 0 Å². The lowest BCUT2D eigenvalue weighted by atomic mass is 9.99. The molecular weight excluding hydrogens is 232 g/mol. The second-order valence-electron chi connectivity index (χ2n) is 3.97. The fraction of sp³-hybridized carbons (Fsp3) is 0. The van der Waals surface area contributed by atoms with Gasteiger partial charge in [-0.05, 0) is 18.2 Å². The molecule has 0 saturated carbocycles. The van der Waals surface area contributed by atoms with E-state index in [2.05, 4.69) is 10.2 Å². The topological polar surface area (TPSA) is 30.2 Å². The van der Waals surface area contributed by atoms with Crippen molar-refractivity contribution in [3.8, 4) is 11.4 Å². The molecule has 2 aromatic heterocycles. The third-order valence-corrected chi connectivity index (χ3v) is 2.87. The van der Waals surface area contributed by atoms with Crippen LogP contribution in [-0.4, -0.2) is 22.4 Å². The summed E-state index contributed by atoms with van der Waals surface area (Å²) in [5.41, 5.74) is 2.97. The van der Waals surface area contributed by atoms with Gasteiger partial charge in [-0.3, -0.25) is 4.40 Å². The van der Waals surface area contributed by atoms with Crippen LogP contribution in [0, 0.1) is 0 Å². The van der Waals surface area contributed by atoms with Gasteiger partial charge in [-0.1, -0.05) is 35.3 Å². The number of nitrogens with zero attached hydrogens (tertiary/aromatic N) is 3. The van der Waals surface area contributed by atoms with Crippen LogP contribution in [0.5, 0.6) is 0 Å². The molecule has 0 aliphatic rings. The summed E-state index contributed by atoms with van der Waals surface area (Å²) in [6.45, 7) is 0. The second-order valence-corrected chi connectivity index (χ2v) is 4.41. The van der Waals surface area contributed by atoms with Gasteiger partial charge in [0.25, 0.3) is 0 Å². The molecular formula is C12H9BClN3. The summed E-state index contributed by atoms with van der Waals surface area (Å²) in [6, 6.07) is 11.6. The highest BCUT2D eigenvalue weighted by atomic mass is 35.5. The second kappa shape index (κ2) is 3.89. The number of rotatable bonds is 1. The van der Waals surface area contributed by atoms with Gasteiger partial charge in [0.05, 0.1) is 0 Å². The van der Waals surface area contributed by atoms with Crippen LogP contribution in [0.4, 0.5) is 0 Å². The van der Waals surface area contributed by atoms with Crippen molar-refractivity contribution in [3.05, 3.63) is 47.6 Å². The highest BCUT2D eigenvalue weighted by Crippen LogP contribution is 2.21. The Labute approximate surface area is 104 Å². The first-order valence-corrected chi connectivity index (χ1v) is 5.69. The maximum absolute atomic E-state index is 5.99. The largest absolute Gasteiger partial charge is 0.283 e. The van der Waals surface area contributed by atoms with Gasteiger partial charge < -0.3 is 0 Å². The predicted octanol–water partition coefficient (Wildman–Crippen LogP) is 1.31. The van der Waals surface area contributed by atoms with Crippen LogP contribution >= 0.6 is 11.6 Å². The Balaban J connectivity index is 2.27. The Morgan fingerprint density at radius 2 is 2.00 bits per heavy atom. The van der Waals surface area contributed by atoms with Crippen LogP contribution in [0.15, 0.2) is 42.6 Å². The van der Waals surface area contributed by atoms with Crippen molar-refractivity contribution in [2.75, 3.05) is 0 Å². The summed E-state index contributed by atoms with van der Waals surface area (Å²) >= 11 is 5.99. The number of hydrogen-bond acceptors (Lipinski definition) is 2. The molecule has 3 rings (SSSR count). The number of benzene rings is 1. The van der Waals surface area contributed by atoms with E-state index in [1.807, 2.05) is 54.8 Å². The van der Waals surface area contributed by atoms with E-state index in [0.29, 0.717) is 5.02 Å². The number of fused-ring (bicyclic) bond motifs is 1. The first-order chi connectivity index (χ1) is 8.24. The minimum atomic E-state index is 0.701. The van der Waals surface area contributed by atoms with Gasteiger partial charge in [-0.15, -0.1) is 10.2 Å². The van der Waals surface area contributed by atoms with Crippen LogP contribution < -0.4 is 5.46 Å². The summed E-state index contributed by atoms with van der Waals surface area (Å²) in [7, 11) is 2.04. The molecule has 0 radical (unpaired) electrons. The van der Waals surface area contributed by atoms with Gasteiger partial charge in [0.15, 0.2) is 11.5 Å². The highest BCUT2D eigenvalue weighted by molar-refractivity contribution is 6.32. The van der Waals surface area contributed by atoms with Crippen molar-refractivity contribution in [1.29, 1.82) is 0 Å². The van der Waals surface area contributed by atoms with Gasteiger partial charge in [-0.25, -0.2) is 0 Å². The molecule has 3 nitrogen and oxygen atoms in total. The fourth-order valence-electron chi connectivity index (χ4n) is 1.82. The Morgan fingerprint density at radius 1 is 1.12 bits per heavy atom. The molecule has 0 aliphatic carbocycles. The highest BCUT2D eigenvalue weighted by Gasteiger charge is 2.07. The van der Waals surface area contributed by atoms with E-state index in [4.69, 9.17) is 11.6 Å². The summed E-state index contributed by atoms with van der Waals surface area (Å²) in [6.07, 6.45) is 2.02. The normalized spacial score (nSPS) is 10.9. The summed E-state index contributed by atoms with van der Waals surface area (Å²) in [5, 5.41) is 9.04. The van der Waals surface area contributed by atoms with Crippen LogP contribution in [0.2, 0.25) is 5.02 Å². The molecule has 0 spiro atoms. The smallest absolute Gasteiger partial charge is 0.168 e. The Kier molecular flexibility index (Phi) is 2.37. The summed E-state index contributed by atoms with van der Waals surface area (Å²) in [5.74, 6) is 0.811. The molecule has 0 aliphatic heterocycles.